The lowest BCUT2D eigenvalue weighted by Crippen LogP contribution is -2.36. The maximum atomic E-state index is 9.30. The summed E-state index contributed by atoms with van der Waals surface area (Å²) in [6.45, 7) is 7.05. The van der Waals surface area contributed by atoms with Crippen molar-refractivity contribution in [1.82, 2.24) is 20.1 Å². The van der Waals surface area contributed by atoms with Gasteiger partial charge in [-0.25, -0.2) is 4.98 Å². The van der Waals surface area contributed by atoms with Crippen molar-refractivity contribution in [2.24, 2.45) is 13.0 Å². The van der Waals surface area contributed by atoms with Crippen LogP contribution in [0.4, 0.5) is 0 Å². The monoisotopic (exact) mass is 262 g/mol. The normalized spacial score (nSPS) is 13.4. The van der Waals surface area contributed by atoms with E-state index in [0.717, 1.165) is 22.3 Å². The Morgan fingerprint density at radius 2 is 2.16 bits per heavy atom. The SMILES string of the molecule is Cc1nn(C)c2ncc(CNC(CO)C(C)C)cc12. The first-order valence-corrected chi connectivity index (χ1v) is 6.65. The Labute approximate surface area is 113 Å². The minimum atomic E-state index is 0.116. The predicted molar refractivity (Wildman–Crippen MR) is 75.8 cm³/mol. The summed E-state index contributed by atoms with van der Waals surface area (Å²) in [5.41, 5.74) is 3.01. The molecule has 2 heterocycles. The van der Waals surface area contributed by atoms with E-state index in [2.05, 4.69) is 35.3 Å². The second-order valence-corrected chi connectivity index (χ2v) is 5.34. The number of hydrogen-bond acceptors (Lipinski definition) is 4. The van der Waals surface area contributed by atoms with E-state index in [0.29, 0.717) is 12.5 Å². The molecule has 5 heteroatoms. The van der Waals surface area contributed by atoms with Gasteiger partial charge in [-0.05, 0) is 24.5 Å². The van der Waals surface area contributed by atoms with Crippen LogP contribution in [0, 0.1) is 12.8 Å². The maximum Gasteiger partial charge on any atom is 0.157 e. The average Bonchev–Trinajstić information content (AvgIpc) is 2.65. The lowest BCUT2D eigenvalue weighted by molar-refractivity contribution is 0.210. The molecule has 2 aromatic heterocycles. The van der Waals surface area contributed by atoms with E-state index in [9.17, 15) is 5.11 Å². The number of aromatic nitrogens is 3. The van der Waals surface area contributed by atoms with Crippen LogP contribution in [0.5, 0.6) is 0 Å². The Hall–Kier alpha value is -1.46. The van der Waals surface area contributed by atoms with Crippen LogP contribution in [-0.4, -0.2) is 32.5 Å². The van der Waals surface area contributed by atoms with Crippen LogP contribution in [0.2, 0.25) is 0 Å². The maximum absolute atomic E-state index is 9.30. The fourth-order valence-electron chi connectivity index (χ4n) is 2.21. The lowest BCUT2D eigenvalue weighted by Gasteiger charge is -2.19. The van der Waals surface area contributed by atoms with Crippen molar-refractivity contribution in [3.05, 3.63) is 23.5 Å². The van der Waals surface area contributed by atoms with Gasteiger partial charge in [-0.2, -0.15) is 5.10 Å². The van der Waals surface area contributed by atoms with E-state index in [1.165, 1.54) is 0 Å². The van der Waals surface area contributed by atoms with Crippen molar-refractivity contribution in [3.63, 3.8) is 0 Å². The van der Waals surface area contributed by atoms with Gasteiger partial charge >= 0.3 is 0 Å². The highest BCUT2D eigenvalue weighted by molar-refractivity contribution is 5.78. The topological polar surface area (TPSA) is 63.0 Å². The van der Waals surface area contributed by atoms with E-state index in [1.54, 1.807) is 4.68 Å². The highest BCUT2D eigenvalue weighted by Gasteiger charge is 2.12. The van der Waals surface area contributed by atoms with Crippen LogP contribution < -0.4 is 5.32 Å². The predicted octanol–water partition coefficient (Wildman–Crippen LogP) is 1.38. The second kappa shape index (κ2) is 5.67. The molecule has 0 aliphatic rings. The van der Waals surface area contributed by atoms with E-state index in [4.69, 9.17) is 0 Å². The van der Waals surface area contributed by atoms with Crippen molar-refractivity contribution in [2.75, 3.05) is 6.61 Å². The summed E-state index contributed by atoms with van der Waals surface area (Å²) in [6.07, 6.45) is 1.87. The Bertz CT molecular complexity index is 562. The third kappa shape index (κ3) is 2.93. The zero-order valence-corrected chi connectivity index (χ0v) is 12.0. The van der Waals surface area contributed by atoms with Crippen molar-refractivity contribution >= 4 is 11.0 Å². The standard InChI is InChI=1S/C14H22N4O/c1-9(2)13(8-19)15-6-11-5-12-10(3)17-18(4)14(12)16-7-11/h5,7,9,13,15,19H,6,8H2,1-4H3. The summed E-state index contributed by atoms with van der Waals surface area (Å²) in [7, 11) is 1.90. The van der Waals surface area contributed by atoms with E-state index in [1.807, 2.05) is 20.2 Å². The molecule has 2 rings (SSSR count). The first-order chi connectivity index (χ1) is 9.02. The van der Waals surface area contributed by atoms with Gasteiger partial charge in [-0.3, -0.25) is 4.68 Å². The molecular formula is C14H22N4O. The molecule has 0 radical (unpaired) electrons. The van der Waals surface area contributed by atoms with Gasteiger partial charge in [-0.1, -0.05) is 13.8 Å². The minimum absolute atomic E-state index is 0.116. The third-order valence-electron chi connectivity index (χ3n) is 3.49. The van der Waals surface area contributed by atoms with E-state index >= 15 is 0 Å². The van der Waals surface area contributed by atoms with E-state index < -0.39 is 0 Å². The first-order valence-electron chi connectivity index (χ1n) is 6.65. The Balaban J connectivity index is 2.15. The molecule has 0 aromatic carbocycles. The molecule has 0 saturated heterocycles. The number of nitrogens with zero attached hydrogens (tertiary/aromatic N) is 3. The summed E-state index contributed by atoms with van der Waals surface area (Å²) in [5, 5.41) is 18.1. The summed E-state index contributed by atoms with van der Waals surface area (Å²) < 4.78 is 1.80. The zero-order chi connectivity index (χ0) is 14.0. The number of aliphatic hydroxyl groups excluding tert-OH is 1. The smallest absolute Gasteiger partial charge is 0.157 e. The molecule has 1 atom stereocenters. The van der Waals surface area contributed by atoms with Gasteiger partial charge in [0.05, 0.1) is 12.3 Å². The second-order valence-electron chi connectivity index (χ2n) is 5.34. The van der Waals surface area contributed by atoms with Crippen molar-refractivity contribution < 1.29 is 5.11 Å². The molecule has 0 aliphatic heterocycles. The molecule has 2 N–H and O–H groups in total. The fourth-order valence-corrected chi connectivity index (χ4v) is 2.21. The van der Waals surface area contributed by atoms with Gasteiger partial charge in [-0.15, -0.1) is 0 Å². The van der Waals surface area contributed by atoms with Crippen LogP contribution in [0.3, 0.4) is 0 Å². The van der Waals surface area contributed by atoms with Gasteiger partial charge in [0.1, 0.15) is 0 Å². The first kappa shape index (κ1) is 14.0. The van der Waals surface area contributed by atoms with Gasteiger partial charge in [0.15, 0.2) is 5.65 Å². The van der Waals surface area contributed by atoms with Gasteiger partial charge in [0.25, 0.3) is 0 Å². The zero-order valence-electron chi connectivity index (χ0n) is 12.0. The molecular weight excluding hydrogens is 240 g/mol. The average molecular weight is 262 g/mol. The highest BCUT2D eigenvalue weighted by atomic mass is 16.3. The molecule has 0 spiro atoms. The number of fused-ring (bicyclic) bond motifs is 1. The van der Waals surface area contributed by atoms with E-state index in [-0.39, 0.29) is 12.6 Å². The molecule has 104 valence electrons. The quantitative estimate of drug-likeness (QED) is 0.854. The molecule has 2 aromatic rings. The van der Waals surface area contributed by atoms with Crippen molar-refractivity contribution in [1.29, 1.82) is 0 Å². The summed E-state index contributed by atoms with van der Waals surface area (Å²) >= 11 is 0. The number of aliphatic hydroxyl groups is 1. The van der Waals surface area contributed by atoms with Crippen LogP contribution in [0.1, 0.15) is 25.1 Å². The Morgan fingerprint density at radius 1 is 1.42 bits per heavy atom. The van der Waals surface area contributed by atoms with Crippen LogP contribution in [0.15, 0.2) is 12.3 Å². The molecule has 0 fully saturated rings. The summed E-state index contributed by atoms with van der Waals surface area (Å²) in [4.78, 5) is 4.45. The van der Waals surface area contributed by atoms with Crippen LogP contribution in [0.25, 0.3) is 11.0 Å². The van der Waals surface area contributed by atoms with Crippen molar-refractivity contribution in [3.8, 4) is 0 Å². The molecule has 5 nitrogen and oxygen atoms in total. The minimum Gasteiger partial charge on any atom is -0.395 e. The number of pyridine rings is 1. The van der Waals surface area contributed by atoms with Crippen LogP contribution in [-0.2, 0) is 13.6 Å². The third-order valence-corrected chi connectivity index (χ3v) is 3.49. The number of nitrogens with one attached hydrogen (secondary N) is 1. The van der Waals surface area contributed by atoms with Gasteiger partial charge in [0, 0.05) is 31.2 Å². The number of hydrogen-bond donors (Lipinski definition) is 2. The largest absolute Gasteiger partial charge is 0.395 e. The van der Waals surface area contributed by atoms with Crippen molar-refractivity contribution in [2.45, 2.75) is 33.4 Å². The molecule has 1 unspecified atom stereocenters. The van der Waals surface area contributed by atoms with Crippen LogP contribution >= 0.6 is 0 Å². The lowest BCUT2D eigenvalue weighted by atomic mass is 10.1. The fraction of sp³-hybridized carbons (Fsp3) is 0.571. The highest BCUT2D eigenvalue weighted by Crippen LogP contribution is 2.16. The molecule has 0 saturated carbocycles. The van der Waals surface area contributed by atoms with Gasteiger partial charge in [0.2, 0.25) is 0 Å². The summed E-state index contributed by atoms with van der Waals surface area (Å²) in [5.74, 6) is 0.404. The Morgan fingerprint density at radius 3 is 2.79 bits per heavy atom. The number of rotatable bonds is 5. The molecule has 0 amide bonds. The number of aryl methyl sites for hydroxylation is 2. The van der Waals surface area contributed by atoms with Gasteiger partial charge < -0.3 is 10.4 Å². The molecule has 0 aliphatic carbocycles. The molecule has 19 heavy (non-hydrogen) atoms. The molecule has 0 bridgehead atoms. The summed E-state index contributed by atoms with van der Waals surface area (Å²) in [6, 6.07) is 2.23. The Kier molecular flexibility index (Phi) is 4.17.